The Morgan fingerprint density at radius 3 is 2.83 bits per heavy atom. The molecular weight excluding hydrogens is 233 g/mol. The fourth-order valence-corrected chi connectivity index (χ4v) is 2.46. The fraction of sp³-hybridized carbons (Fsp3) is 0.571. The summed E-state index contributed by atoms with van der Waals surface area (Å²) in [7, 11) is 0. The molecule has 1 fully saturated rings. The second-order valence-electron chi connectivity index (χ2n) is 4.93. The molecule has 2 N–H and O–H groups in total. The molecule has 0 aliphatic carbocycles. The Kier molecular flexibility index (Phi) is 4.19. The number of phenols is 1. The van der Waals surface area contributed by atoms with Crippen LogP contribution in [0.2, 0.25) is 0 Å². The van der Waals surface area contributed by atoms with Crippen LogP contribution < -0.4 is 5.32 Å². The molecule has 0 spiro atoms. The molecule has 3 atom stereocenters. The minimum Gasteiger partial charge on any atom is -0.508 e. The minimum atomic E-state index is -0.380. The van der Waals surface area contributed by atoms with Crippen LogP contribution in [-0.4, -0.2) is 23.9 Å². The lowest BCUT2D eigenvalue weighted by Gasteiger charge is -2.25. The van der Waals surface area contributed by atoms with Crippen molar-refractivity contribution in [2.45, 2.75) is 44.9 Å². The van der Waals surface area contributed by atoms with Gasteiger partial charge in [-0.1, -0.05) is 6.07 Å². The minimum absolute atomic E-state index is 0.0457. The average Bonchev–Trinajstić information content (AvgIpc) is 2.81. The van der Waals surface area contributed by atoms with Crippen molar-refractivity contribution in [3.05, 3.63) is 29.6 Å². The summed E-state index contributed by atoms with van der Waals surface area (Å²) < 4.78 is 19.3. The lowest BCUT2D eigenvalue weighted by Crippen LogP contribution is -2.38. The summed E-state index contributed by atoms with van der Waals surface area (Å²) in [5, 5.41) is 12.5. The van der Waals surface area contributed by atoms with Crippen molar-refractivity contribution in [2.24, 2.45) is 0 Å². The molecule has 1 saturated heterocycles. The van der Waals surface area contributed by atoms with Crippen molar-refractivity contribution in [1.29, 1.82) is 0 Å². The second kappa shape index (κ2) is 5.67. The van der Waals surface area contributed by atoms with Gasteiger partial charge in [0.2, 0.25) is 0 Å². The molecular formula is C14H20FNO2. The van der Waals surface area contributed by atoms with E-state index in [1.807, 2.05) is 6.92 Å². The van der Waals surface area contributed by atoms with E-state index in [2.05, 4.69) is 12.2 Å². The van der Waals surface area contributed by atoms with Gasteiger partial charge in [-0.3, -0.25) is 0 Å². The normalized spacial score (nSPS) is 22.9. The molecule has 4 heteroatoms. The van der Waals surface area contributed by atoms with Crippen molar-refractivity contribution >= 4 is 0 Å². The van der Waals surface area contributed by atoms with Crippen LogP contribution in [0.15, 0.2) is 18.2 Å². The SMILES string of the molecule is CC(NC(C)C1CCCO1)c1ccc(O)cc1F. The summed E-state index contributed by atoms with van der Waals surface area (Å²) in [6.45, 7) is 4.80. The van der Waals surface area contributed by atoms with Crippen LogP contribution in [0.5, 0.6) is 5.75 Å². The Morgan fingerprint density at radius 2 is 2.22 bits per heavy atom. The third-order valence-electron chi connectivity index (χ3n) is 3.49. The number of nitrogens with one attached hydrogen (secondary N) is 1. The lowest BCUT2D eigenvalue weighted by molar-refractivity contribution is 0.0802. The first-order chi connectivity index (χ1) is 8.58. The molecule has 0 amide bonds. The van der Waals surface area contributed by atoms with Gasteiger partial charge in [0, 0.05) is 30.3 Å². The molecule has 100 valence electrons. The van der Waals surface area contributed by atoms with E-state index in [1.54, 1.807) is 6.07 Å². The highest BCUT2D eigenvalue weighted by molar-refractivity contribution is 5.29. The van der Waals surface area contributed by atoms with Crippen LogP contribution >= 0.6 is 0 Å². The van der Waals surface area contributed by atoms with Gasteiger partial charge in [0.15, 0.2) is 0 Å². The molecule has 3 unspecified atom stereocenters. The highest BCUT2D eigenvalue weighted by atomic mass is 19.1. The number of rotatable bonds is 4. The number of halogens is 1. The van der Waals surface area contributed by atoms with Crippen molar-refractivity contribution in [2.75, 3.05) is 6.61 Å². The Hall–Kier alpha value is -1.13. The van der Waals surface area contributed by atoms with Gasteiger partial charge < -0.3 is 15.2 Å². The van der Waals surface area contributed by atoms with E-state index in [-0.39, 0.29) is 29.8 Å². The second-order valence-corrected chi connectivity index (χ2v) is 4.93. The predicted octanol–water partition coefficient (Wildman–Crippen LogP) is 2.75. The van der Waals surface area contributed by atoms with Crippen molar-refractivity contribution in [3.63, 3.8) is 0 Å². The van der Waals surface area contributed by atoms with E-state index in [9.17, 15) is 9.50 Å². The number of aromatic hydroxyl groups is 1. The zero-order valence-electron chi connectivity index (χ0n) is 10.8. The largest absolute Gasteiger partial charge is 0.508 e. The van der Waals surface area contributed by atoms with E-state index in [0.29, 0.717) is 5.56 Å². The van der Waals surface area contributed by atoms with E-state index in [1.165, 1.54) is 6.07 Å². The number of phenolic OH excluding ortho intramolecular Hbond substituents is 1. The third kappa shape index (κ3) is 3.00. The Balaban J connectivity index is 2.00. The standard InChI is InChI=1S/C14H20FNO2/c1-9(12-6-5-11(17)8-13(12)15)16-10(2)14-4-3-7-18-14/h5-6,8-10,14,16-17H,3-4,7H2,1-2H3. The summed E-state index contributed by atoms with van der Waals surface area (Å²) in [5.74, 6) is -0.426. The molecule has 0 radical (unpaired) electrons. The predicted molar refractivity (Wildman–Crippen MR) is 68.1 cm³/mol. The number of ether oxygens (including phenoxy) is 1. The van der Waals surface area contributed by atoms with Crippen molar-refractivity contribution in [1.82, 2.24) is 5.32 Å². The third-order valence-corrected chi connectivity index (χ3v) is 3.49. The Labute approximate surface area is 107 Å². The maximum Gasteiger partial charge on any atom is 0.131 e. The number of hydrogen-bond acceptors (Lipinski definition) is 3. The summed E-state index contributed by atoms with van der Waals surface area (Å²) in [4.78, 5) is 0. The van der Waals surface area contributed by atoms with Gasteiger partial charge in [0.1, 0.15) is 11.6 Å². The monoisotopic (exact) mass is 253 g/mol. The van der Waals surface area contributed by atoms with Gasteiger partial charge in [0.05, 0.1) is 6.10 Å². The highest BCUT2D eigenvalue weighted by Gasteiger charge is 2.24. The van der Waals surface area contributed by atoms with Gasteiger partial charge in [0.25, 0.3) is 0 Å². The first kappa shape index (κ1) is 13.3. The summed E-state index contributed by atoms with van der Waals surface area (Å²) >= 11 is 0. The molecule has 2 rings (SSSR count). The maximum absolute atomic E-state index is 13.7. The summed E-state index contributed by atoms with van der Waals surface area (Å²) in [6, 6.07) is 4.35. The zero-order valence-corrected chi connectivity index (χ0v) is 10.8. The van der Waals surface area contributed by atoms with Crippen LogP contribution in [0.4, 0.5) is 4.39 Å². The van der Waals surface area contributed by atoms with E-state index >= 15 is 0 Å². The first-order valence-corrected chi connectivity index (χ1v) is 6.44. The van der Waals surface area contributed by atoms with E-state index < -0.39 is 0 Å². The van der Waals surface area contributed by atoms with Gasteiger partial charge in [-0.2, -0.15) is 0 Å². The van der Waals surface area contributed by atoms with Crippen molar-refractivity contribution in [3.8, 4) is 5.75 Å². The lowest BCUT2D eigenvalue weighted by atomic mass is 10.0. The molecule has 0 bridgehead atoms. The topological polar surface area (TPSA) is 41.5 Å². The number of hydrogen-bond donors (Lipinski definition) is 2. The molecule has 0 saturated carbocycles. The highest BCUT2D eigenvalue weighted by Crippen LogP contribution is 2.23. The molecule has 1 aromatic carbocycles. The molecule has 1 aliphatic rings. The van der Waals surface area contributed by atoms with Crippen LogP contribution in [-0.2, 0) is 4.74 Å². The van der Waals surface area contributed by atoms with Gasteiger partial charge >= 0.3 is 0 Å². The maximum atomic E-state index is 13.7. The van der Waals surface area contributed by atoms with E-state index in [0.717, 1.165) is 25.5 Å². The van der Waals surface area contributed by atoms with Crippen molar-refractivity contribution < 1.29 is 14.2 Å². The van der Waals surface area contributed by atoms with Crippen LogP contribution in [0.3, 0.4) is 0 Å². The van der Waals surface area contributed by atoms with Crippen LogP contribution in [0, 0.1) is 5.82 Å². The average molecular weight is 253 g/mol. The van der Waals surface area contributed by atoms with Gasteiger partial charge in [-0.05, 0) is 32.8 Å². The molecule has 0 aromatic heterocycles. The Bertz CT molecular complexity index is 405. The van der Waals surface area contributed by atoms with E-state index in [4.69, 9.17) is 4.74 Å². The first-order valence-electron chi connectivity index (χ1n) is 6.44. The number of benzene rings is 1. The molecule has 1 heterocycles. The molecule has 1 aromatic rings. The fourth-order valence-electron chi connectivity index (χ4n) is 2.46. The Morgan fingerprint density at radius 1 is 1.44 bits per heavy atom. The smallest absolute Gasteiger partial charge is 0.131 e. The van der Waals surface area contributed by atoms with Gasteiger partial charge in [-0.15, -0.1) is 0 Å². The van der Waals surface area contributed by atoms with Gasteiger partial charge in [-0.25, -0.2) is 4.39 Å². The van der Waals surface area contributed by atoms with Crippen LogP contribution in [0.1, 0.15) is 38.3 Å². The molecule has 18 heavy (non-hydrogen) atoms. The summed E-state index contributed by atoms with van der Waals surface area (Å²) in [5.41, 5.74) is 0.567. The summed E-state index contributed by atoms with van der Waals surface area (Å²) in [6.07, 6.45) is 2.37. The van der Waals surface area contributed by atoms with Crippen LogP contribution in [0.25, 0.3) is 0 Å². The molecule has 1 aliphatic heterocycles. The molecule has 3 nitrogen and oxygen atoms in total. The quantitative estimate of drug-likeness (QED) is 0.867. The zero-order chi connectivity index (χ0) is 13.1.